The zero-order chi connectivity index (χ0) is 22.7. The van der Waals surface area contributed by atoms with Gasteiger partial charge < -0.3 is 19.5 Å². The van der Waals surface area contributed by atoms with Crippen LogP contribution in [0.25, 0.3) is 0 Å². The van der Waals surface area contributed by atoms with Crippen LogP contribution in [0.3, 0.4) is 0 Å². The van der Waals surface area contributed by atoms with Crippen molar-refractivity contribution < 1.29 is 27.4 Å². The molecule has 1 heterocycles. The van der Waals surface area contributed by atoms with E-state index in [0.717, 1.165) is 10.6 Å². The van der Waals surface area contributed by atoms with E-state index in [1.165, 1.54) is 12.1 Å². The van der Waals surface area contributed by atoms with E-state index in [1.807, 2.05) is 18.2 Å². The summed E-state index contributed by atoms with van der Waals surface area (Å²) >= 11 is 6.09. The fourth-order valence-electron chi connectivity index (χ4n) is 3.06. The molecule has 0 fully saturated rings. The standard InChI is InChI=1S/C22H19ClN2O6S/c1-32(27,28)25(16-8-10-20-21(12-16)30-14-29-20)13-22(26)24-18-11-15(23)7-9-19(18)31-17-5-3-2-4-6-17/h2-12H,13-14H2,1H3,(H,24,26). The maximum Gasteiger partial charge on any atom is 0.245 e. The van der Waals surface area contributed by atoms with E-state index in [4.69, 9.17) is 25.8 Å². The van der Waals surface area contributed by atoms with E-state index in [1.54, 1.807) is 36.4 Å². The second-order valence-electron chi connectivity index (χ2n) is 6.91. The summed E-state index contributed by atoms with van der Waals surface area (Å²) in [5, 5.41) is 3.07. The molecular formula is C22H19ClN2O6S. The lowest BCUT2D eigenvalue weighted by Gasteiger charge is -2.22. The van der Waals surface area contributed by atoms with Gasteiger partial charge in [0.1, 0.15) is 12.3 Å². The lowest BCUT2D eigenvalue weighted by Crippen LogP contribution is -2.37. The molecule has 166 valence electrons. The molecule has 0 atom stereocenters. The van der Waals surface area contributed by atoms with Crippen molar-refractivity contribution in [3.8, 4) is 23.0 Å². The quantitative estimate of drug-likeness (QED) is 0.549. The number of amides is 1. The van der Waals surface area contributed by atoms with Gasteiger partial charge in [-0.25, -0.2) is 8.42 Å². The smallest absolute Gasteiger partial charge is 0.245 e. The van der Waals surface area contributed by atoms with Gasteiger partial charge in [0.15, 0.2) is 17.2 Å². The van der Waals surface area contributed by atoms with E-state index in [0.29, 0.717) is 33.7 Å². The molecule has 3 aromatic rings. The number of sulfonamides is 1. The first-order valence-electron chi connectivity index (χ1n) is 9.49. The topological polar surface area (TPSA) is 94.2 Å². The molecule has 0 saturated carbocycles. The third kappa shape index (κ3) is 5.06. The van der Waals surface area contributed by atoms with Gasteiger partial charge in [-0.05, 0) is 42.5 Å². The Bertz CT molecular complexity index is 1250. The Kier molecular flexibility index (Phi) is 6.11. The Labute approximate surface area is 190 Å². The second kappa shape index (κ2) is 8.97. The van der Waals surface area contributed by atoms with Crippen LogP contribution in [0.5, 0.6) is 23.0 Å². The fourth-order valence-corrected chi connectivity index (χ4v) is 4.09. The number of nitrogens with zero attached hydrogens (tertiary/aromatic N) is 1. The number of ether oxygens (including phenoxy) is 3. The molecular weight excluding hydrogens is 456 g/mol. The van der Waals surface area contributed by atoms with Gasteiger partial charge in [0.05, 0.1) is 17.6 Å². The molecule has 0 aliphatic carbocycles. The first kappa shape index (κ1) is 21.8. The molecule has 4 rings (SSSR count). The number of hydrogen-bond donors (Lipinski definition) is 1. The maximum atomic E-state index is 12.8. The molecule has 1 aliphatic heterocycles. The summed E-state index contributed by atoms with van der Waals surface area (Å²) in [6.07, 6.45) is 1.02. The average molecular weight is 475 g/mol. The van der Waals surface area contributed by atoms with Gasteiger partial charge in [-0.15, -0.1) is 0 Å². The minimum Gasteiger partial charge on any atom is -0.455 e. The number of carbonyl (C=O) groups excluding carboxylic acids is 1. The lowest BCUT2D eigenvalue weighted by atomic mass is 10.2. The number of hydrogen-bond acceptors (Lipinski definition) is 6. The summed E-state index contributed by atoms with van der Waals surface area (Å²) in [6.45, 7) is -0.410. The summed E-state index contributed by atoms with van der Waals surface area (Å²) in [5.41, 5.74) is 0.587. The van der Waals surface area contributed by atoms with Crippen molar-refractivity contribution in [1.29, 1.82) is 0 Å². The molecule has 0 radical (unpaired) electrons. The predicted octanol–water partition coefficient (Wildman–Crippen LogP) is 4.27. The third-order valence-electron chi connectivity index (χ3n) is 4.52. The Morgan fingerprint density at radius 3 is 2.56 bits per heavy atom. The SMILES string of the molecule is CS(=O)(=O)N(CC(=O)Nc1cc(Cl)ccc1Oc1ccccc1)c1ccc2c(c1)OCO2. The number of rotatable bonds is 7. The van der Waals surface area contributed by atoms with Crippen LogP contribution in [0, 0.1) is 0 Å². The van der Waals surface area contributed by atoms with E-state index < -0.39 is 22.5 Å². The van der Waals surface area contributed by atoms with Crippen LogP contribution in [-0.4, -0.2) is 33.9 Å². The molecule has 1 N–H and O–H groups in total. The largest absolute Gasteiger partial charge is 0.455 e. The van der Waals surface area contributed by atoms with Crippen LogP contribution in [0.1, 0.15) is 0 Å². The molecule has 0 aromatic heterocycles. The molecule has 32 heavy (non-hydrogen) atoms. The average Bonchev–Trinajstić information content (AvgIpc) is 3.22. The van der Waals surface area contributed by atoms with Crippen molar-refractivity contribution in [1.82, 2.24) is 0 Å². The number of carbonyl (C=O) groups is 1. The van der Waals surface area contributed by atoms with Crippen molar-refractivity contribution in [2.24, 2.45) is 0 Å². The highest BCUT2D eigenvalue weighted by atomic mass is 35.5. The summed E-state index contributed by atoms with van der Waals surface area (Å²) in [5.74, 6) is 1.28. The van der Waals surface area contributed by atoms with Gasteiger partial charge in [0, 0.05) is 11.1 Å². The zero-order valence-electron chi connectivity index (χ0n) is 16.9. The van der Waals surface area contributed by atoms with Crippen LogP contribution in [0.4, 0.5) is 11.4 Å². The van der Waals surface area contributed by atoms with Gasteiger partial charge in [-0.2, -0.15) is 0 Å². The Morgan fingerprint density at radius 2 is 1.81 bits per heavy atom. The molecule has 0 unspecified atom stereocenters. The molecule has 0 bridgehead atoms. The number of fused-ring (bicyclic) bond motifs is 1. The maximum absolute atomic E-state index is 12.8. The number of benzene rings is 3. The molecule has 10 heteroatoms. The highest BCUT2D eigenvalue weighted by Crippen LogP contribution is 2.36. The number of anilines is 2. The number of halogens is 1. The predicted molar refractivity (Wildman–Crippen MR) is 121 cm³/mol. The minimum atomic E-state index is -3.77. The van der Waals surface area contributed by atoms with Crippen molar-refractivity contribution >= 4 is 38.9 Å². The third-order valence-corrected chi connectivity index (χ3v) is 5.89. The minimum absolute atomic E-state index is 0.0527. The van der Waals surface area contributed by atoms with Gasteiger partial charge >= 0.3 is 0 Å². The van der Waals surface area contributed by atoms with Crippen LogP contribution >= 0.6 is 11.6 Å². The Morgan fingerprint density at radius 1 is 1.06 bits per heavy atom. The van der Waals surface area contributed by atoms with Crippen molar-refractivity contribution in [3.63, 3.8) is 0 Å². The number of nitrogens with one attached hydrogen (secondary N) is 1. The number of para-hydroxylation sites is 1. The van der Waals surface area contributed by atoms with Crippen LogP contribution in [0.2, 0.25) is 5.02 Å². The molecule has 3 aromatic carbocycles. The van der Waals surface area contributed by atoms with Gasteiger partial charge in [-0.3, -0.25) is 9.10 Å². The van der Waals surface area contributed by atoms with Crippen LogP contribution in [0.15, 0.2) is 66.7 Å². The Balaban J connectivity index is 1.56. The Hall–Kier alpha value is -3.43. The van der Waals surface area contributed by atoms with Crippen molar-refractivity contribution in [3.05, 3.63) is 71.8 Å². The zero-order valence-corrected chi connectivity index (χ0v) is 18.5. The molecule has 1 aliphatic rings. The fraction of sp³-hybridized carbons (Fsp3) is 0.136. The van der Waals surface area contributed by atoms with Gasteiger partial charge in [-0.1, -0.05) is 29.8 Å². The molecule has 8 nitrogen and oxygen atoms in total. The summed E-state index contributed by atoms with van der Waals surface area (Å²) < 4.78 is 42.2. The van der Waals surface area contributed by atoms with E-state index in [-0.39, 0.29) is 12.5 Å². The van der Waals surface area contributed by atoms with E-state index in [9.17, 15) is 13.2 Å². The van der Waals surface area contributed by atoms with Crippen LogP contribution < -0.4 is 23.8 Å². The van der Waals surface area contributed by atoms with Crippen molar-refractivity contribution in [2.75, 3.05) is 29.2 Å². The first-order valence-corrected chi connectivity index (χ1v) is 11.7. The van der Waals surface area contributed by atoms with Gasteiger partial charge in [0.2, 0.25) is 22.7 Å². The van der Waals surface area contributed by atoms with Crippen molar-refractivity contribution in [2.45, 2.75) is 0 Å². The summed E-state index contributed by atoms with van der Waals surface area (Å²) in [6, 6.07) is 18.5. The van der Waals surface area contributed by atoms with E-state index >= 15 is 0 Å². The highest BCUT2D eigenvalue weighted by Gasteiger charge is 2.24. The highest BCUT2D eigenvalue weighted by molar-refractivity contribution is 7.92. The van der Waals surface area contributed by atoms with Crippen LogP contribution in [-0.2, 0) is 14.8 Å². The molecule has 1 amide bonds. The molecule has 0 spiro atoms. The lowest BCUT2D eigenvalue weighted by molar-refractivity contribution is -0.114. The monoisotopic (exact) mass is 474 g/mol. The van der Waals surface area contributed by atoms with Gasteiger partial charge in [0.25, 0.3) is 0 Å². The first-order chi connectivity index (χ1) is 15.3. The normalized spacial score (nSPS) is 12.3. The second-order valence-corrected chi connectivity index (χ2v) is 9.25. The molecule has 0 saturated heterocycles. The van der Waals surface area contributed by atoms with E-state index in [2.05, 4.69) is 5.32 Å². The summed E-state index contributed by atoms with van der Waals surface area (Å²) in [7, 11) is -3.77. The summed E-state index contributed by atoms with van der Waals surface area (Å²) in [4.78, 5) is 12.8.